The third kappa shape index (κ3) is 2.60. The Morgan fingerprint density at radius 1 is 1.25 bits per heavy atom. The molecule has 2 aliphatic carbocycles. The quantitative estimate of drug-likeness (QED) is 0.792. The number of nitrogens with one attached hydrogen (secondary N) is 1. The summed E-state index contributed by atoms with van der Waals surface area (Å²) in [5.74, 6) is -1.70. The molecular weight excluding hydrogens is 378 g/mol. The number of carbonyl (C=O) groups is 3. The smallest absolute Gasteiger partial charge is 0.310 e. The Bertz CT molecular complexity index is 701. The number of carbonyl (C=O) groups excluding carboxylic acids is 3. The molecule has 1 amide bonds. The first-order valence-corrected chi connectivity index (χ1v) is 8.75. The number of hydrogen-bond donors (Lipinski definition) is 1. The number of fused-ring (bicyclic) bond motifs is 1. The number of ether oxygens (including phenoxy) is 2. The van der Waals surface area contributed by atoms with Crippen molar-refractivity contribution in [2.75, 3.05) is 11.9 Å². The molecule has 3 fully saturated rings. The fourth-order valence-electron chi connectivity index (χ4n) is 4.29. The van der Waals surface area contributed by atoms with E-state index in [9.17, 15) is 14.4 Å². The van der Waals surface area contributed by atoms with E-state index < -0.39 is 17.8 Å². The standard InChI is InChI=1S/C17H16BrNO5/c18-9-1-3-10(4-2-9)19-13(20)7-23-16(21)14-8-5-11-12(6-8)24-17(22)15(11)14/h1-4,8,11-12,14-15H,5-7H2,(H,19,20). The zero-order valence-corrected chi connectivity index (χ0v) is 14.3. The lowest BCUT2D eigenvalue weighted by atomic mass is 9.80. The Balaban J connectivity index is 1.33. The van der Waals surface area contributed by atoms with Crippen molar-refractivity contribution in [1.82, 2.24) is 0 Å². The molecule has 2 saturated carbocycles. The Morgan fingerprint density at radius 2 is 2.00 bits per heavy atom. The molecule has 1 saturated heterocycles. The molecule has 0 spiro atoms. The van der Waals surface area contributed by atoms with E-state index in [1.807, 2.05) is 0 Å². The van der Waals surface area contributed by atoms with E-state index in [0.29, 0.717) is 5.69 Å². The highest BCUT2D eigenvalue weighted by Crippen LogP contribution is 2.57. The van der Waals surface area contributed by atoms with Crippen LogP contribution in [0.25, 0.3) is 0 Å². The number of anilines is 1. The molecule has 6 nitrogen and oxygen atoms in total. The lowest BCUT2D eigenvalue weighted by Gasteiger charge is -2.22. The molecule has 1 aromatic rings. The molecule has 4 rings (SSSR count). The molecule has 5 unspecified atom stereocenters. The predicted octanol–water partition coefficient (Wildman–Crippen LogP) is 2.13. The Labute approximate surface area is 147 Å². The summed E-state index contributed by atoms with van der Waals surface area (Å²) in [6, 6.07) is 7.10. The fourth-order valence-corrected chi connectivity index (χ4v) is 4.55. The molecule has 5 atom stereocenters. The minimum Gasteiger partial charge on any atom is -0.462 e. The fraction of sp³-hybridized carbons (Fsp3) is 0.471. The van der Waals surface area contributed by atoms with Gasteiger partial charge in [-0.25, -0.2) is 0 Å². The summed E-state index contributed by atoms with van der Waals surface area (Å²) >= 11 is 3.32. The summed E-state index contributed by atoms with van der Waals surface area (Å²) < 4.78 is 11.4. The predicted molar refractivity (Wildman–Crippen MR) is 86.8 cm³/mol. The van der Waals surface area contributed by atoms with Crippen LogP contribution in [0.3, 0.4) is 0 Å². The largest absolute Gasteiger partial charge is 0.462 e. The Morgan fingerprint density at radius 3 is 2.75 bits per heavy atom. The van der Waals surface area contributed by atoms with E-state index in [4.69, 9.17) is 9.47 Å². The molecule has 1 heterocycles. The van der Waals surface area contributed by atoms with Crippen LogP contribution in [-0.2, 0) is 23.9 Å². The van der Waals surface area contributed by atoms with E-state index in [0.717, 1.165) is 17.3 Å². The van der Waals surface area contributed by atoms with Crippen molar-refractivity contribution in [3.8, 4) is 0 Å². The van der Waals surface area contributed by atoms with Gasteiger partial charge in [0.05, 0.1) is 11.8 Å². The van der Waals surface area contributed by atoms with E-state index in [1.54, 1.807) is 24.3 Å². The van der Waals surface area contributed by atoms with Gasteiger partial charge in [-0.05, 0) is 43.0 Å². The number of benzene rings is 1. The van der Waals surface area contributed by atoms with Gasteiger partial charge in [0.15, 0.2) is 6.61 Å². The highest BCUT2D eigenvalue weighted by atomic mass is 79.9. The van der Waals surface area contributed by atoms with Crippen molar-refractivity contribution in [3.05, 3.63) is 28.7 Å². The maximum Gasteiger partial charge on any atom is 0.310 e. The lowest BCUT2D eigenvalue weighted by molar-refractivity contribution is -0.157. The number of amides is 1. The summed E-state index contributed by atoms with van der Waals surface area (Å²) in [6.45, 7) is -0.353. The molecule has 1 N–H and O–H groups in total. The second kappa shape index (κ2) is 5.88. The summed E-state index contributed by atoms with van der Waals surface area (Å²) in [5, 5.41) is 2.66. The number of hydrogen-bond acceptors (Lipinski definition) is 5. The van der Waals surface area contributed by atoms with Crippen molar-refractivity contribution in [3.63, 3.8) is 0 Å². The van der Waals surface area contributed by atoms with Crippen molar-refractivity contribution >= 4 is 39.5 Å². The number of rotatable bonds is 4. The van der Waals surface area contributed by atoms with Gasteiger partial charge in [-0.1, -0.05) is 15.9 Å². The maximum atomic E-state index is 12.4. The monoisotopic (exact) mass is 393 g/mol. The SMILES string of the molecule is O=C(COC(=O)C1C2CC3OC(=O)C1C3C2)Nc1ccc(Br)cc1. The lowest BCUT2D eigenvalue weighted by Crippen LogP contribution is -2.34. The van der Waals surface area contributed by atoms with E-state index in [1.165, 1.54) is 0 Å². The zero-order chi connectivity index (χ0) is 16.8. The third-order valence-electron chi connectivity index (χ3n) is 5.23. The molecule has 3 aliphatic rings. The van der Waals surface area contributed by atoms with Crippen LogP contribution in [0.2, 0.25) is 0 Å². The molecule has 1 aliphatic heterocycles. The van der Waals surface area contributed by atoms with Gasteiger partial charge in [-0.15, -0.1) is 0 Å². The van der Waals surface area contributed by atoms with Gasteiger partial charge in [-0.2, -0.15) is 0 Å². The van der Waals surface area contributed by atoms with Crippen LogP contribution < -0.4 is 5.32 Å². The molecule has 126 valence electrons. The highest BCUT2D eigenvalue weighted by molar-refractivity contribution is 9.10. The second-order valence-electron chi connectivity index (χ2n) is 6.59. The number of esters is 2. The van der Waals surface area contributed by atoms with Gasteiger partial charge in [0.2, 0.25) is 0 Å². The molecule has 2 bridgehead atoms. The van der Waals surface area contributed by atoms with Crippen molar-refractivity contribution in [2.24, 2.45) is 23.7 Å². The summed E-state index contributed by atoms with van der Waals surface area (Å²) in [7, 11) is 0. The minimum atomic E-state index is -0.462. The first-order valence-electron chi connectivity index (χ1n) is 7.95. The summed E-state index contributed by atoms with van der Waals surface area (Å²) in [5.41, 5.74) is 0.626. The summed E-state index contributed by atoms with van der Waals surface area (Å²) in [4.78, 5) is 36.2. The zero-order valence-electron chi connectivity index (χ0n) is 12.7. The van der Waals surface area contributed by atoms with Crippen LogP contribution in [0.4, 0.5) is 5.69 Å². The van der Waals surface area contributed by atoms with Crippen molar-refractivity contribution < 1.29 is 23.9 Å². The van der Waals surface area contributed by atoms with Crippen LogP contribution in [0.15, 0.2) is 28.7 Å². The van der Waals surface area contributed by atoms with Crippen LogP contribution in [0, 0.1) is 23.7 Å². The van der Waals surface area contributed by atoms with Crippen LogP contribution in [-0.4, -0.2) is 30.6 Å². The van der Waals surface area contributed by atoms with Crippen LogP contribution in [0.1, 0.15) is 12.8 Å². The minimum absolute atomic E-state index is 0.0164. The van der Waals surface area contributed by atoms with E-state index >= 15 is 0 Å². The van der Waals surface area contributed by atoms with Crippen molar-refractivity contribution in [1.29, 1.82) is 0 Å². The first-order chi connectivity index (χ1) is 11.5. The average molecular weight is 394 g/mol. The molecule has 0 radical (unpaired) electrons. The van der Waals surface area contributed by atoms with Gasteiger partial charge < -0.3 is 14.8 Å². The topological polar surface area (TPSA) is 81.7 Å². The third-order valence-corrected chi connectivity index (χ3v) is 5.76. The summed E-state index contributed by atoms with van der Waals surface area (Å²) in [6.07, 6.45) is 1.56. The molecule has 24 heavy (non-hydrogen) atoms. The van der Waals surface area contributed by atoms with Gasteiger partial charge in [0.1, 0.15) is 6.10 Å². The van der Waals surface area contributed by atoms with Gasteiger partial charge >= 0.3 is 11.9 Å². The van der Waals surface area contributed by atoms with Crippen molar-refractivity contribution in [2.45, 2.75) is 18.9 Å². The van der Waals surface area contributed by atoms with Gasteiger partial charge in [0.25, 0.3) is 5.91 Å². The van der Waals surface area contributed by atoms with Gasteiger partial charge in [-0.3, -0.25) is 14.4 Å². The average Bonchev–Trinajstić information content (AvgIpc) is 3.16. The maximum absolute atomic E-state index is 12.4. The number of halogens is 1. The Hall–Kier alpha value is -1.89. The molecule has 0 aromatic heterocycles. The van der Waals surface area contributed by atoms with Crippen LogP contribution >= 0.6 is 15.9 Å². The normalized spacial score (nSPS) is 32.5. The Kier molecular flexibility index (Phi) is 3.83. The van der Waals surface area contributed by atoms with Gasteiger partial charge in [0, 0.05) is 16.1 Å². The van der Waals surface area contributed by atoms with E-state index in [2.05, 4.69) is 21.2 Å². The second-order valence-corrected chi connectivity index (χ2v) is 7.50. The molecule has 1 aromatic carbocycles. The highest BCUT2D eigenvalue weighted by Gasteiger charge is 2.64. The molecule has 7 heteroatoms. The van der Waals surface area contributed by atoms with E-state index in [-0.39, 0.29) is 36.4 Å². The van der Waals surface area contributed by atoms with Crippen LogP contribution in [0.5, 0.6) is 0 Å². The first kappa shape index (κ1) is 15.6. The molecular formula is C17H16BrNO5.